The Balaban J connectivity index is 1.81. The Morgan fingerprint density at radius 3 is 2.30 bits per heavy atom. The number of ether oxygens (including phenoxy) is 4. The van der Waals surface area contributed by atoms with Crippen LogP contribution in [0.2, 0.25) is 0 Å². The summed E-state index contributed by atoms with van der Waals surface area (Å²) in [6.07, 6.45) is 0. The van der Waals surface area contributed by atoms with Gasteiger partial charge in [0.2, 0.25) is 5.13 Å². The van der Waals surface area contributed by atoms with Crippen LogP contribution in [0.25, 0.3) is 10.2 Å². The van der Waals surface area contributed by atoms with Crippen LogP contribution in [0.3, 0.4) is 0 Å². The molecule has 0 unspecified atom stereocenters. The maximum atomic E-state index is 12.5. The van der Waals surface area contributed by atoms with E-state index in [9.17, 15) is 4.79 Å². The average Bonchev–Trinajstić information content (AvgIpc) is 3.14. The summed E-state index contributed by atoms with van der Waals surface area (Å²) in [5, 5.41) is 0.494. The van der Waals surface area contributed by atoms with E-state index in [2.05, 4.69) is 15.8 Å². The lowest BCUT2D eigenvalue weighted by molar-refractivity contribution is 0.0959. The maximum Gasteiger partial charge on any atom is 0.273 e. The van der Waals surface area contributed by atoms with E-state index in [0.717, 1.165) is 4.70 Å². The van der Waals surface area contributed by atoms with Gasteiger partial charge in [-0.25, -0.2) is 4.98 Å². The number of carbonyl (C=O) groups is 1. The third kappa shape index (κ3) is 3.68. The summed E-state index contributed by atoms with van der Waals surface area (Å²) < 4.78 is 21.9. The minimum atomic E-state index is -0.368. The second-order valence-corrected chi connectivity index (χ2v) is 6.31. The lowest BCUT2D eigenvalue weighted by Crippen LogP contribution is -2.29. The van der Waals surface area contributed by atoms with Crippen molar-refractivity contribution in [1.29, 1.82) is 0 Å². The van der Waals surface area contributed by atoms with Gasteiger partial charge in [-0.1, -0.05) is 11.3 Å². The zero-order chi connectivity index (χ0) is 19.4. The number of rotatable bonds is 7. The number of anilines is 1. The van der Waals surface area contributed by atoms with Crippen molar-refractivity contribution >= 4 is 32.6 Å². The fraction of sp³-hybridized carbons (Fsp3) is 0.222. The number of carbonyl (C=O) groups excluding carboxylic acids is 1. The quantitative estimate of drug-likeness (QED) is 0.600. The average molecular weight is 389 g/mol. The predicted octanol–water partition coefficient (Wildman–Crippen LogP) is 3.09. The highest BCUT2D eigenvalue weighted by molar-refractivity contribution is 7.22. The molecule has 3 rings (SSSR count). The SMILES string of the molecule is COc1ccc(C(=O)NNc2nc3c(OC)ccc(OC)c3s2)c(OC)c1. The van der Waals surface area contributed by atoms with Gasteiger partial charge in [0, 0.05) is 6.07 Å². The minimum absolute atomic E-state index is 0.363. The van der Waals surface area contributed by atoms with Crippen LogP contribution in [-0.2, 0) is 0 Å². The summed E-state index contributed by atoms with van der Waals surface area (Å²) in [6.45, 7) is 0. The normalized spacial score (nSPS) is 10.4. The smallest absolute Gasteiger partial charge is 0.273 e. The van der Waals surface area contributed by atoms with E-state index >= 15 is 0 Å². The zero-order valence-corrected chi connectivity index (χ0v) is 16.1. The summed E-state index contributed by atoms with van der Waals surface area (Å²) in [6, 6.07) is 8.54. The first-order chi connectivity index (χ1) is 13.1. The van der Waals surface area contributed by atoms with E-state index in [1.807, 2.05) is 6.07 Å². The van der Waals surface area contributed by atoms with E-state index < -0.39 is 0 Å². The van der Waals surface area contributed by atoms with Gasteiger partial charge in [0.1, 0.15) is 33.2 Å². The standard InChI is InChI=1S/C18H19N3O5S/c1-23-10-5-6-11(14(9-10)26-4)17(22)20-21-18-19-15-12(24-2)7-8-13(25-3)16(15)27-18/h5-9H,1-4H3,(H,19,21)(H,20,22). The number of hydrogen-bond acceptors (Lipinski definition) is 8. The summed E-state index contributed by atoms with van der Waals surface area (Å²) in [5.41, 5.74) is 6.46. The largest absolute Gasteiger partial charge is 0.497 e. The molecular weight excluding hydrogens is 370 g/mol. The van der Waals surface area contributed by atoms with Gasteiger partial charge in [-0.2, -0.15) is 0 Å². The Morgan fingerprint density at radius 2 is 1.63 bits per heavy atom. The van der Waals surface area contributed by atoms with Crippen molar-refractivity contribution in [3.05, 3.63) is 35.9 Å². The summed E-state index contributed by atoms with van der Waals surface area (Å²) >= 11 is 1.34. The number of fused-ring (bicyclic) bond motifs is 1. The van der Waals surface area contributed by atoms with E-state index in [-0.39, 0.29) is 5.91 Å². The van der Waals surface area contributed by atoms with E-state index in [0.29, 0.717) is 39.2 Å². The Morgan fingerprint density at radius 1 is 0.926 bits per heavy atom. The summed E-state index contributed by atoms with van der Waals surface area (Å²) in [5.74, 6) is 1.94. The van der Waals surface area contributed by atoms with Gasteiger partial charge in [-0.15, -0.1) is 0 Å². The molecule has 0 radical (unpaired) electrons. The van der Waals surface area contributed by atoms with Gasteiger partial charge < -0.3 is 18.9 Å². The van der Waals surface area contributed by atoms with Crippen LogP contribution in [-0.4, -0.2) is 39.3 Å². The van der Waals surface area contributed by atoms with Crippen molar-refractivity contribution in [2.75, 3.05) is 33.9 Å². The molecule has 27 heavy (non-hydrogen) atoms. The molecule has 0 atom stereocenters. The topological polar surface area (TPSA) is 90.9 Å². The molecule has 8 nitrogen and oxygen atoms in total. The molecule has 0 aliphatic rings. The molecule has 3 aromatic rings. The van der Waals surface area contributed by atoms with Crippen LogP contribution < -0.4 is 29.8 Å². The highest BCUT2D eigenvalue weighted by Gasteiger charge is 2.16. The second kappa shape index (κ2) is 8.00. The number of methoxy groups -OCH3 is 4. The lowest BCUT2D eigenvalue weighted by atomic mass is 10.2. The first kappa shape index (κ1) is 18.6. The van der Waals surface area contributed by atoms with Crippen molar-refractivity contribution in [3.8, 4) is 23.0 Å². The van der Waals surface area contributed by atoms with Crippen molar-refractivity contribution < 1.29 is 23.7 Å². The molecule has 0 bridgehead atoms. The molecule has 0 spiro atoms. The Hall–Kier alpha value is -3.20. The molecule has 0 aliphatic heterocycles. The monoisotopic (exact) mass is 389 g/mol. The Kier molecular flexibility index (Phi) is 5.51. The molecular formula is C18H19N3O5S. The summed E-state index contributed by atoms with van der Waals surface area (Å²) in [7, 11) is 6.20. The maximum absolute atomic E-state index is 12.5. The number of nitrogens with zero attached hydrogens (tertiary/aromatic N) is 1. The number of hydrazine groups is 1. The number of nitrogens with one attached hydrogen (secondary N) is 2. The van der Waals surface area contributed by atoms with Gasteiger partial charge >= 0.3 is 0 Å². The molecule has 0 fully saturated rings. The van der Waals surface area contributed by atoms with E-state index in [4.69, 9.17) is 18.9 Å². The first-order valence-electron chi connectivity index (χ1n) is 7.91. The number of amides is 1. The second-order valence-electron chi connectivity index (χ2n) is 5.31. The molecule has 2 aromatic carbocycles. The molecule has 0 aliphatic carbocycles. The molecule has 9 heteroatoms. The van der Waals surface area contributed by atoms with Crippen molar-refractivity contribution in [1.82, 2.24) is 10.4 Å². The molecule has 2 N–H and O–H groups in total. The molecule has 1 heterocycles. The van der Waals surface area contributed by atoms with E-state index in [1.165, 1.54) is 18.4 Å². The van der Waals surface area contributed by atoms with Crippen LogP contribution >= 0.6 is 11.3 Å². The van der Waals surface area contributed by atoms with Gasteiger partial charge in [-0.05, 0) is 24.3 Å². The van der Waals surface area contributed by atoms with Crippen LogP contribution in [0.1, 0.15) is 10.4 Å². The van der Waals surface area contributed by atoms with Gasteiger partial charge in [0.15, 0.2) is 0 Å². The van der Waals surface area contributed by atoms with Crippen LogP contribution in [0.5, 0.6) is 23.0 Å². The highest BCUT2D eigenvalue weighted by Crippen LogP contribution is 2.38. The lowest BCUT2D eigenvalue weighted by Gasteiger charge is -2.10. The first-order valence-corrected chi connectivity index (χ1v) is 8.72. The molecule has 1 aromatic heterocycles. The number of hydrogen-bond donors (Lipinski definition) is 2. The molecule has 0 saturated carbocycles. The molecule has 142 valence electrons. The minimum Gasteiger partial charge on any atom is -0.497 e. The molecule has 1 amide bonds. The molecule has 0 saturated heterocycles. The summed E-state index contributed by atoms with van der Waals surface area (Å²) in [4.78, 5) is 17.0. The zero-order valence-electron chi connectivity index (χ0n) is 15.3. The van der Waals surface area contributed by atoms with Crippen molar-refractivity contribution in [2.45, 2.75) is 0 Å². The Labute approximate surface area is 160 Å². The van der Waals surface area contributed by atoms with Gasteiger partial charge in [-0.3, -0.25) is 15.6 Å². The van der Waals surface area contributed by atoms with Crippen LogP contribution in [0, 0.1) is 0 Å². The number of thiazole rings is 1. The predicted molar refractivity (Wildman–Crippen MR) is 103 cm³/mol. The van der Waals surface area contributed by atoms with E-state index in [1.54, 1.807) is 45.6 Å². The van der Waals surface area contributed by atoms with Crippen LogP contribution in [0.4, 0.5) is 5.13 Å². The van der Waals surface area contributed by atoms with Crippen molar-refractivity contribution in [2.24, 2.45) is 0 Å². The number of aromatic nitrogens is 1. The fourth-order valence-electron chi connectivity index (χ4n) is 2.50. The third-order valence-electron chi connectivity index (χ3n) is 3.85. The Bertz CT molecular complexity index is 932. The van der Waals surface area contributed by atoms with Gasteiger partial charge in [0.25, 0.3) is 5.91 Å². The number of benzene rings is 2. The van der Waals surface area contributed by atoms with Crippen molar-refractivity contribution in [3.63, 3.8) is 0 Å². The highest BCUT2D eigenvalue weighted by atomic mass is 32.1. The fourth-order valence-corrected chi connectivity index (χ4v) is 3.43. The van der Waals surface area contributed by atoms with Gasteiger partial charge in [0.05, 0.1) is 34.0 Å². The van der Waals surface area contributed by atoms with Crippen LogP contribution in [0.15, 0.2) is 30.3 Å². The third-order valence-corrected chi connectivity index (χ3v) is 4.83.